The van der Waals surface area contributed by atoms with Crippen LogP contribution in [0.5, 0.6) is 0 Å². The highest BCUT2D eigenvalue weighted by Gasteiger charge is 2.12. The highest BCUT2D eigenvalue weighted by Crippen LogP contribution is 2.27. The van der Waals surface area contributed by atoms with E-state index in [4.69, 9.17) is 0 Å². The van der Waals surface area contributed by atoms with E-state index in [0.29, 0.717) is 11.5 Å². The molecule has 0 spiro atoms. The van der Waals surface area contributed by atoms with Crippen LogP contribution in [-0.4, -0.2) is 22.4 Å². The first kappa shape index (κ1) is 21.0. The third-order valence-electron chi connectivity index (χ3n) is 3.95. The predicted octanol–water partition coefficient (Wildman–Crippen LogP) is 5.67. The molecule has 3 aromatic rings. The Morgan fingerprint density at radius 2 is 1.89 bits per heavy atom. The van der Waals surface area contributed by atoms with E-state index in [2.05, 4.69) is 79.6 Å². The average Bonchev–Trinajstić information content (AvgIpc) is 2.69. The van der Waals surface area contributed by atoms with Crippen LogP contribution in [0.25, 0.3) is 11.3 Å². The van der Waals surface area contributed by atoms with Gasteiger partial charge in [0.25, 0.3) is 5.91 Å². The first-order valence-electron chi connectivity index (χ1n) is 8.85. The van der Waals surface area contributed by atoms with Gasteiger partial charge in [-0.3, -0.25) is 9.78 Å². The molecule has 5 nitrogen and oxygen atoms in total. The molecule has 0 unspecified atom stereocenters. The molecule has 0 aliphatic heterocycles. The zero-order chi connectivity index (χ0) is 20.1. The second-order valence-electron chi connectivity index (χ2n) is 6.69. The second kappa shape index (κ2) is 9.64. The topological polar surface area (TPSA) is 66.9 Å². The van der Waals surface area contributed by atoms with Crippen molar-refractivity contribution in [3.63, 3.8) is 0 Å². The quantitative estimate of drug-likeness (QED) is 0.359. The number of nitrogens with zero attached hydrogens (tertiary/aromatic N) is 2. The molecule has 2 N–H and O–H groups in total. The van der Waals surface area contributed by atoms with Gasteiger partial charge in [0.15, 0.2) is 0 Å². The molecular weight excluding hydrogens is 578 g/mol. The maximum absolute atomic E-state index is 12.7. The Hall–Kier alpha value is -1.75. The van der Waals surface area contributed by atoms with Gasteiger partial charge in [0.1, 0.15) is 5.82 Å². The van der Waals surface area contributed by atoms with Crippen LogP contribution < -0.4 is 10.6 Å². The zero-order valence-corrected chi connectivity index (χ0v) is 19.9. The molecule has 144 valence electrons. The fourth-order valence-electron chi connectivity index (χ4n) is 2.52. The summed E-state index contributed by atoms with van der Waals surface area (Å²) in [6.45, 7) is 5.12. The number of halogens is 2. The van der Waals surface area contributed by atoms with E-state index in [1.807, 2.05) is 42.5 Å². The van der Waals surface area contributed by atoms with Gasteiger partial charge >= 0.3 is 0 Å². The maximum Gasteiger partial charge on any atom is 0.257 e. The Kier molecular flexibility index (Phi) is 7.22. The van der Waals surface area contributed by atoms with E-state index in [9.17, 15) is 4.79 Å². The van der Waals surface area contributed by atoms with Crippen LogP contribution in [0.1, 0.15) is 24.2 Å². The first-order chi connectivity index (χ1) is 13.4. The van der Waals surface area contributed by atoms with Crippen LogP contribution in [0.3, 0.4) is 0 Å². The van der Waals surface area contributed by atoms with Crippen LogP contribution in [0, 0.1) is 13.1 Å². The maximum atomic E-state index is 12.7. The van der Waals surface area contributed by atoms with Crippen LogP contribution in [0.15, 0.2) is 54.9 Å². The van der Waals surface area contributed by atoms with Gasteiger partial charge < -0.3 is 10.6 Å². The van der Waals surface area contributed by atoms with Gasteiger partial charge in [-0.05, 0) is 87.5 Å². The minimum absolute atomic E-state index is 0.186. The molecule has 0 radical (unpaired) electrons. The average molecular weight is 598 g/mol. The van der Waals surface area contributed by atoms with Gasteiger partial charge in [-0.2, -0.15) is 0 Å². The highest BCUT2D eigenvalue weighted by molar-refractivity contribution is 14.1. The van der Waals surface area contributed by atoms with Crippen molar-refractivity contribution in [3.8, 4) is 11.3 Å². The summed E-state index contributed by atoms with van der Waals surface area (Å²) in [5.74, 6) is 1.14. The number of aromatic nitrogens is 2. The van der Waals surface area contributed by atoms with Crippen molar-refractivity contribution in [3.05, 3.63) is 67.6 Å². The van der Waals surface area contributed by atoms with E-state index in [0.717, 1.165) is 36.4 Å². The lowest BCUT2D eigenvalue weighted by atomic mass is 10.1. The van der Waals surface area contributed by atoms with Gasteiger partial charge in [0, 0.05) is 33.8 Å². The molecular formula is C21H20I2N4O. The number of benzene rings is 1. The number of nitrogens with one attached hydrogen (secondary N) is 2. The molecule has 28 heavy (non-hydrogen) atoms. The number of pyridine rings is 2. The lowest BCUT2D eigenvalue weighted by molar-refractivity contribution is 0.102. The minimum atomic E-state index is -0.186. The Morgan fingerprint density at radius 3 is 2.57 bits per heavy atom. The SMILES string of the molecule is CC(C)CNc1ncc(C(=O)Nc2ccc(I)c(-c3ccccn3)c2)cc1I. The number of carbonyl (C=O) groups excluding carboxylic acids is 1. The third-order valence-corrected chi connectivity index (χ3v) is 5.71. The van der Waals surface area contributed by atoms with Crippen molar-refractivity contribution in [2.24, 2.45) is 5.92 Å². The number of hydrogen-bond acceptors (Lipinski definition) is 4. The molecule has 7 heteroatoms. The van der Waals surface area contributed by atoms with E-state index in [1.54, 1.807) is 12.4 Å². The van der Waals surface area contributed by atoms with Crippen molar-refractivity contribution in [1.82, 2.24) is 9.97 Å². The summed E-state index contributed by atoms with van der Waals surface area (Å²) >= 11 is 4.48. The largest absolute Gasteiger partial charge is 0.369 e. The molecule has 0 saturated heterocycles. The molecule has 2 heterocycles. The van der Waals surface area contributed by atoms with Crippen LogP contribution in [-0.2, 0) is 0 Å². The Morgan fingerprint density at radius 1 is 1.07 bits per heavy atom. The van der Waals surface area contributed by atoms with Crippen LogP contribution in [0.2, 0.25) is 0 Å². The summed E-state index contributed by atoms with van der Waals surface area (Å²) in [6.07, 6.45) is 3.37. The summed E-state index contributed by atoms with van der Waals surface area (Å²) in [5.41, 5.74) is 3.11. The van der Waals surface area contributed by atoms with E-state index in [-0.39, 0.29) is 5.91 Å². The van der Waals surface area contributed by atoms with Crippen molar-refractivity contribution in [2.75, 3.05) is 17.2 Å². The number of anilines is 2. The van der Waals surface area contributed by atoms with Gasteiger partial charge in [0.05, 0.1) is 14.8 Å². The van der Waals surface area contributed by atoms with Gasteiger partial charge in [-0.25, -0.2) is 4.98 Å². The first-order valence-corrected chi connectivity index (χ1v) is 11.0. The molecule has 3 rings (SSSR count). The summed E-state index contributed by atoms with van der Waals surface area (Å²) in [4.78, 5) is 21.5. The molecule has 0 fully saturated rings. The molecule has 0 aliphatic carbocycles. The predicted molar refractivity (Wildman–Crippen MR) is 131 cm³/mol. The lowest BCUT2D eigenvalue weighted by Gasteiger charge is -2.12. The number of carbonyl (C=O) groups is 1. The summed E-state index contributed by atoms with van der Waals surface area (Å²) in [7, 11) is 0. The van der Waals surface area contributed by atoms with Gasteiger partial charge in [0.2, 0.25) is 0 Å². The molecule has 1 amide bonds. The smallest absolute Gasteiger partial charge is 0.257 e. The van der Waals surface area contributed by atoms with Crippen molar-refractivity contribution < 1.29 is 4.79 Å². The molecule has 0 bridgehead atoms. The zero-order valence-electron chi connectivity index (χ0n) is 15.5. The lowest BCUT2D eigenvalue weighted by Crippen LogP contribution is -2.15. The Labute approximate surface area is 192 Å². The summed E-state index contributed by atoms with van der Waals surface area (Å²) in [6, 6.07) is 13.4. The standard InChI is InChI=1S/C21H20I2N4O/c1-13(2)11-25-20-18(23)9-14(12-26-20)21(28)27-15-6-7-17(22)16(10-15)19-5-3-4-8-24-19/h3-10,12-13H,11H2,1-2H3,(H,25,26)(H,27,28). The summed E-state index contributed by atoms with van der Waals surface area (Å²) < 4.78 is 1.99. The summed E-state index contributed by atoms with van der Waals surface area (Å²) in [5, 5.41) is 6.26. The minimum Gasteiger partial charge on any atom is -0.369 e. The fourth-order valence-corrected chi connectivity index (χ4v) is 3.79. The normalized spacial score (nSPS) is 10.8. The van der Waals surface area contributed by atoms with E-state index >= 15 is 0 Å². The Balaban J connectivity index is 1.77. The second-order valence-corrected chi connectivity index (χ2v) is 9.02. The number of rotatable bonds is 6. The fraction of sp³-hybridized carbons (Fsp3) is 0.190. The monoisotopic (exact) mass is 598 g/mol. The van der Waals surface area contributed by atoms with Crippen molar-refractivity contribution in [1.29, 1.82) is 0 Å². The van der Waals surface area contributed by atoms with Gasteiger partial charge in [-0.15, -0.1) is 0 Å². The van der Waals surface area contributed by atoms with Crippen LogP contribution >= 0.6 is 45.2 Å². The van der Waals surface area contributed by atoms with Crippen molar-refractivity contribution in [2.45, 2.75) is 13.8 Å². The van der Waals surface area contributed by atoms with E-state index < -0.39 is 0 Å². The Bertz CT molecular complexity index is 977. The molecule has 0 atom stereocenters. The van der Waals surface area contributed by atoms with Crippen molar-refractivity contribution >= 4 is 62.6 Å². The van der Waals surface area contributed by atoms with Crippen LogP contribution in [0.4, 0.5) is 11.5 Å². The third kappa shape index (κ3) is 5.40. The molecule has 2 aromatic heterocycles. The van der Waals surface area contributed by atoms with Gasteiger partial charge in [-0.1, -0.05) is 19.9 Å². The van der Waals surface area contributed by atoms with E-state index in [1.165, 1.54) is 0 Å². The molecule has 0 aliphatic rings. The number of amides is 1. The number of hydrogen-bond donors (Lipinski definition) is 2. The molecule has 1 aromatic carbocycles. The molecule has 0 saturated carbocycles. The highest BCUT2D eigenvalue weighted by atomic mass is 127.